The summed E-state index contributed by atoms with van der Waals surface area (Å²) in [5.74, 6) is 1.39. The van der Waals surface area contributed by atoms with Gasteiger partial charge in [-0.05, 0) is 31.2 Å². The molecular weight excluding hydrogens is 298 g/mol. The molecule has 1 aromatic heterocycles. The number of methoxy groups -OCH3 is 1. The molecule has 6 heteroatoms. The third-order valence-electron chi connectivity index (χ3n) is 2.70. The maximum absolute atomic E-state index is 11.5. The van der Waals surface area contributed by atoms with Gasteiger partial charge >= 0.3 is 5.97 Å². The molecule has 0 aliphatic heterocycles. The van der Waals surface area contributed by atoms with Crippen molar-refractivity contribution < 1.29 is 13.9 Å². The maximum Gasteiger partial charge on any atom is 0.341 e. The number of benzene rings is 1. The minimum absolute atomic E-state index is 0.399. The van der Waals surface area contributed by atoms with Gasteiger partial charge in [-0.2, -0.15) is 0 Å². The molecule has 0 unspecified atom stereocenters. The molecule has 0 aliphatic rings. The normalized spacial score (nSPS) is 10.6. The SMILES string of the molecule is COC(=O)c1cc(CSc2cc(N)ccc2Cl)oc1C. The van der Waals surface area contributed by atoms with Gasteiger partial charge in [-0.1, -0.05) is 11.6 Å². The van der Waals surface area contributed by atoms with Gasteiger partial charge in [-0.3, -0.25) is 0 Å². The number of aryl methyl sites for hydroxylation is 1. The van der Waals surface area contributed by atoms with Crippen molar-refractivity contribution in [2.75, 3.05) is 12.8 Å². The average Bonchev–Trinajstić information content (AvgIpc) is 2.80. The highest BCUT2D eigenvalue weighted by atomic mass is 35.5. The van der Waals surface area contributed by atoms with Crippen molar-refractivity contribution in [1.29, 1.82) is 0 Å². The summed E-state index contributed by atoms with van der Waals surface area (Å²) >= 11 is 7.59. The lowest BCUT2D eigenvalue weighted by atomic mass is 10.2. The Morgan fingerprint density at radius 1 is 1.45 bits per heavy atom. The number of esters is 1. The van der Waals surface area contributed by atoms with E-state index in [0.29, 0.717) is 33.5 Å². The molecule has 0 saturated carbocycles. The van der Waals surface area contributed by atoms with E-state index in [1.165, 1.54) is 18.9 Å². The highest BCUT2D eigenvalue weighted by Crippen LogP contribution is 2.32. The monoisotopic (exact) mass is 311 g/mol. The van der Waals surface area contributed by atoms with E-state index in [9.17, 15) is 4.79 Å². The molecular formula is C14H14ClNO3S. The summed E-state index contributed by atoms with van der Waals surface area (Å²) in [5.41, 5.74) is 6.83. The van der Waals surface area contributed by atoms with Crippen LogP contribution in [0, 0.1) is 6.92 Å². The number of nitrogen functional groups attached to an aromatic ring is 1. The van der Waals surface area contributed by atoms with Gasteiger partial charge in [0.2, 0.25) is 0 Å². The number of rotatable bonds is 4. The Morgan fingerprint density at radius 2 is 2.20 bits per heavy atom. The van der Waals surface area contributed by atoms with Gasteiger partial charge < -0.3 is 14.9 Å². The van der Waals surface area contributed by atoms with Gasteiger partial charge in [0.1, 0.15) is 17.1 Å². The lowest BCUT2D eigenvalue weighted by molar-refractivity contribution is 0.0599. The van der Waals surface area contributed by atoms with Crippen LogP contribution in [0.1, 0.15) is 21.9 Å². The highest BCUT2D eigenvalue weighted by molar-refractivity contribution is 7.98. The zero-order chi connectivity index (χ0) is 14.7. The molecule has 2 N–H and O–H groups in total. The van der Waals surface area contributed by atoms with Crippen molar-refractivity contribution in [3.05, 3.63) is 46.4 Å². The molecule has 0 amide bonds. The number of nitrogens with two attached hydrogens (primary N) is 1. The van der Waals surface area contributed by atoms with E-state index in [0.717, 1.165) is 4.90 Å². The number of hydrogen-bond acceptors (Lipinski definition) is 5. The minimum Gasteiger partial charge on any atom is -0.465 e. The van der Waals surface area contributed by atoms with Crippen molar-refractivity contribution in [1.82, 2.24) is 0 Å². The van der Waals surface area contributed by atoms with E-state index >= 15 is 0 Å². The average molecular weight is 312 g/mol. The van der Waals surface area contributed by atoms with Gasteiger partial charge in [0.25, 0.3) is 0 Å². The number of carbonyl (C=O) groups excluding carboxylic acids is 1. The topological polar surface area (TPSA) is 65.5 Å². The Labute approximate surface area is 126 Å². The van der Waals surface area contributed by atoms with Gasteiger partial charge in [-0.15, -0.1) is 11.8 Å². The number of hydrogen-bond donors (Lipinski definition) is 1. The maximum atomic E-state index is 11.5. The third-order valence-corrected chi connectivity index (χ3v) is 4.22. The Hall–Kier alpha value is -1.59. The van der Waals surface area contributed by atoms with Gasteiger partial charge in [-0.25, -0.2) is 4.79 Å². The van der Waals surface area contributed by atoms with Crippen LogP contribution in [0.5, 0.6) is 0 Å². The first kappa shape index (κ1) is 14.8. The van der Waals surface area contributed by atoms with Crippen LogP contribution in [-0.4, -0.2) is 13.1 Å². The van der Waals surface area contributed by atoms with E-state index in [4.69, 9.17) is 21.8 Å². The number of anilines is 1. The fourth-order valence-electron chi connectivity index (χ4n) is 1.71. The molecule has 2 aromatic rings. The summed E-state index contributed by atoms with van der Waals surface area (Å²) in [7, 11) is 1.34. The number of halogens is 1. The Morgan fingerprint density at radius 3 is 2.90 bits per heavy atom. The van der Waals surface area contributed by atoms with Crippen molar-refractivity contribution in [3.63, 3.8) is 0 Å². The summed E-state index contributed by atoms with van der Waals surface area (Å²) < 4.78 is 10.2. The Bertz CT molecular complexity index is 639. The van der Waals surface area contributed by atoms with Gasteiger partial charge in [0.15, 0.2) is 0 Å². The van der Waals surface area contributed by atoms with E-state index in [2.05, 4.69) is 4.74 Å². The summed E-state index contributed by atoms with van der Waals surface area (Å²) in [4.78, 5) is 12.4. The van der Waals surface area contributed by atoms with Crippen LogP contribution in [0.2, 0.25) is 5.02 Å². The Kier molecular flexibility index (Phi) is 4.62. The molecule has 0 saturated heterocycles. The molecule has 0 radical (unpaired) electrons. The molecule has 4 nitrogen and oxygen atoms in total. The van der Waals surface area contributed by atoms with Crippen molar-refractivity contribution in [2.24, 2.45) is 0 Å². The van der Waals surface area contributed by atoms with Crippen LogP contribution >= 0.6 is 23.4 Å². The van der Waals surface area contributed by atoms with E-state index in [1.54, 1.807) is 25.1 Å². The molecule has 106 valence electrons. The van der Waals surface area contributed by atoms with Crippen LogP contribution in [0.25, 0.3) is 0 Å². The first-order chi connectivity index (χ1) is 9.51. The van der Waals surface area contributed by atoms with Gasteiger partial charge in [0, 0.05) is 10.6 Å². The van der Waals surface area contributed by atoms with Crippen molar-refractivity contribution >= 4 is 35.0 Å². The van der Waals surface area contributed by atoms with E-state index in [-0.39, 0.29) is 0 Å². The molecule has 0 bridgehead atoms. The van der Waals surface area contributed by atoms with Gasteiger partial charge in [0.05, 0.1) is 17.9 Å². The van der Waals surface area contributed by atoms with E-state index < -0.39 is 5.97 Å². The number of furan rings is 1. The first-order valence-corrected chi connectivity index (χ1v) is 7.23. The predicted molar refractivity (Wildman–Crippen MR) is 80.2 cm³/mol. The molecule has 0 aliphatic carbocycles. The molecule has 0 spiro atoms. The van der Waals surface area contributed by atoms with Crippen LogP contribution in [0.4, 0.5) is 5.69 Å². The zero-order valence-corrected chi connectivity index (χ0v) is 12.7. The second-order valence-corrected chi connectivity index (χ2v) is 5.58. The summed E-state index contributed by atoms with van der Waals surface area (Å²) in [6.07, 6.45) is 0. The number of ether oxygens (including phenoxy) is 1. The van der Waals surface area contributed by atoms with Crippen LogP contribution < -0.4 is 5.73 Å². The molecule has 1 heterocycles. The zero-order valence-electron chi connectivity index (χ0n) is 11.1. The van der Waals surface area contributed by atoms with Crippen LogP contribution in [-0.2, 0) is 10.5 Å². The second kappa shape index (κ2) is 6.24. The second-order valence-electron chi connectivity index (χ2n) is 4.15. The predicted octanol–water partition coefficient (Wildman–Crippen LogP) is 3.90. The minimum atomic E-state index is -0.399. The standard InChI is InChI=1S/C14H14ClNO3S/c1-8-11(14(17)18-2)6-10(19-8)7-20-13-5-9(16)3-4-12(13)15/h3-6H,7,16H2,1-2H3. The smallest absolute Gasteiger partial charge is 0.341 e. The van der Waals surface area contributed by atoms with Crippen molar-refractivity contribution in [3.8, 4) is 0 Å². The third kappa shape index (κ3) is 3.29. The molecule has 20 heavy (non-hydrogen) atoms. The first-order valence-electron chi connectivity index (χ1n) is 5.86. The summed E-state index contributed by atoms with van der Waals surface area (Å²) in [5, 5.41) is 0.640. The quantitative estimate of drug-likeness (QED) is 0.527. The largest absolute Gasteiger partial charge is 0.465 e. The van der Waals surface area contributed by atoms with Crippen molar-refractivity contribution in [2.45, 2.75) is 17.6 Å². The highest BCUT2D eigenvalue weighted by Gasteiger charge is 2.15. The fourth-order valence-corrected chi connectivity index (χ4v) is 2.85. The number of carbonyl (C=O) groups is 1. The van der Waals surface area contributed by atoms with Crippen LogP contribution in [0.15, 0.2) is 33.6 Å². The van der Waals surface area contributed by atoms with E-state index in [1.807, 2.05) is 6.07 Å². The number of thioether (sulfide) groups is 1. The summed E-state index contributed by atoms with van der Waals surface area (Å²) in [6.45, 7) is 1.73. The molecule has 1 aromatic carbocycles. The summed E-state index contributed by atoms with van der Waals surface area (Å²) in [6, 6.07) is 7.00. The lowest BCUT2D eigenvalue weighted by Gasteiger charge is -2.03. The Balaban J connectivity index is 2.11. The fraction of sp³-hybridized carbons (Fsp3) is 0.214. The van der Waals surface area contributed by atoms with Crippen LogP contribution in [0.3, 0.4) is 0 Å². The molecule has 2 rings (SSSR count). The lowest BCUT2D eigenvalue weighted by Crippen LogP contribution is -2.00. The molecule has 0 atom stereocenters. The molecule has 0 fully saturated rings.